The molecule has 4 aromatic rings. The summed E-state index contributed by atoms with van der Waals surface area (Å²) in [6.45, 7) is 5.84. The van der Waals surface area contributed by atoms with Crippen LogP contribution in [-0.2, 0) is 25.8 Å². The topological polar surface area (TPSA) is 85.2 Å². The third kappa shape index (κ3) is 3.46. The summed E-state index contributed by atoms with van der Waals surface area (Å²) in [5, 5.41) is 12.9. The van der Waals surface area contributed by atoms with Crippen molar-refractivity contribution in [3.63, 3.8) is 0 Å². The molecule has 0 fully saturated rings. The molecule has 0 radical (unpaired) electrons. The van der Waals surface area contributed by atoms with Crippen molar-refractivity contribution < 1.29 is 4.42 Å². The number of aromatic nitrogens is 6. The number of fused-ring (bicyclic) bond motifs is 2. The average molecular weight is 389 g/mol. The SMILES string of the molecule is CC(C)c1cc(N2CCc3oc(CCc4cccnc4)nc3C2)c2nncn2n1. The van der Waals surface area contributed by atoms with Crippen LogP contribution in [0, 0.1) is 0 Å². The minimum atomic E-state index is 0.326. The first-order valence-corrected chi connectivity index (χ1v) is 9.99. The Balaban J connectivity index is 1.38. The van der Waals surface area contributed by atoms with Crippen LogP contribution in [0.4, 0.5) is 5.69 Å². The van der Waals surface area contributed by atoms with Crippen LogP contribution in [0.15, 0.2) is 41.3 Å². The zero-order chi connectivity index (χ0) is 19.8. The first-order chi connectivity index (χ1) is 14.2. The van der Waals surface area contributed by atoms with Crippen LogP contribution in [-0.4, -0.2) is 36.3 Å². The van der Waals surface area contributed by atoms with Gasteiger partial charge in [0.15, 0.2) is 5.89 Å². The monoisotopic (exact) mass is 389 g/mol. The van der Waals surface area contributed by atoms with E-state index in [9.17, 15) is 0 Å². The van der Waals surface area contributed by atoms with Gasteiger partial charge in [0, 0.05) is 31.8 Å². The Morgan fingerprint density at radius 2 is 2.17 bits per heavy atom. The Morgan fingerprint density at radius 1 is 1.24 bits per heavy atom. The predicted octanol–water partition coefficient (Wildman–Crippen LogP) is 2.98. The third-order valence-corrected chi connectivity index (χ3v) is 5.32. The Morgan fingerprint density at radius 3 is 3.00 bits per heavy atom. The second-order valence-electron chi connectivity index (χ2n) is 7.72. The molecule has 0 saturated carbocycles. The quantitative estimate of drug-likeness (QED) is 0.519. The van der Waals surface area contributed by atoms with Gasteiger partial charge in [-0.25, -0.2) is 4.98 Å². The van der Waals surface area contributed by atoms with Gasteiger partial charge >= 0.3 is 0 Å². The van der Waals surface area contributed by atoms with Gasteiger partial charge in [0.1, 0.15) is 17.8 Å². The maximum Gasteiger partial charge on any atom is 0.200 e. The normalized spacial score (nSPS) is 14.0. The van der Waals surface area contributed by atoms with Gasteiger partial charge in [-0.1, -0.05) is 19.9 Å². The van der Waals surface area contributed by atoms with Gasteiger partial charge in [0.25, 0.3) is 0 Å². The molecule has 0 unspecified atom stereocenters. The summed E-state index contributed by atoms with van der Waals surface area (Å²) < 4.78 is 7.81. The maximum atomic E-state index is 6.04. The van der Waals surface area contributed by atoms with E-state index in [2.05, 4.69) is 51.2 Å². The highest BCUT2D eigenvalue weighted by Crippen LogP contribution is 2.29. The number of pyridine rings is 1. The highest BCUT2D eigenvalue weighted by molar-refractivity contribution is 5.68. The van der Waals surface area contributed by atoms with Gasteiger partial charge in [0.2, 0.25) is 5.65 Å². The minimum absolute atomic E-state index is 0.326. The van der Waals surface area contributed by atoms with Crippen LogP contribution >= 0.6 is 0 Å². The molecule has 1 aliphatic rings. The van der Waals surface area contributed by atoms with Gasteiger partial charge in [-0.05, 0) is 30.0 Å². The Hall–Kier alpha value is -3.29. The summed E-state index contributed by atoms with van der Waals surface area (Å²) in [5.41, 5.74) is 5.05. The molecule has 148 valence electrons. The number of nitrogens with zero attached hydrogens (tertiary/aromatic N) is 7. The molecule has 1 aliphatic heterocycles. The molecule has 29 heavy (non-hydrogen) atoms. The minimum Gasteiger partial charge on any atom is -0.445 e. The fourth-order valence-electron chi connectivity index (χ4n) is 3.71. The van der Waals surface area contributed by atoms with Crippen LogP contribution in [0.3, 0.4) is 0 Å². The van der Waals surface area contributed by atoms with Gasteiger partial charge in [-0.15, -0.1) is 10.2 Å². The first-order valence-electron chi connectivity index (χ1n) is 9.99. The smallest absolute Gasteiger partial charge is 0.200 e. The van der Waals surface area contributed by atoms with E-state index in [4.69, 9.17) is 9.40 Å². The Bertz CT molecular complexity index is 1130. The molecule has 0 aromatic carbocycles. The number of rotatable bonds is 5. The number of aryl methyl sites for hydroxylation is 2. The van der Waals surface area contributed by atoms with Gasteiger partial charge < -0.3 is 9.32 Å². The summed E-state index contributed by atoms with van der Waals surface area (Å²) in [4.78, 5) is 11.2. The van der Waals surface area contributed by atoms with E-state index in [1.807, 2.05) is 12.3 Å². The predicted molar refractivity (Wildman–Crippen MR) is 108 cm³/mol. The van der Waals surface area contributed by atoms with Crippen molar-refractivity contribution in [2.45, 2.75) is 45.6 Å². The van der Waals surface area contributed by atoms with Crippen molar-refractivity contribution >= 4 is 11.3 Å². The van der Waals surface area contributed by atoms with Gasteiger partial charge in [0.05, 0.1) is 17.9 Å². The molecular weight excluding hydrogens is 366 g/mol. The summed E-state index contributed by atoms with van der Waals surface area (Å²) in [5.74, 6) is 2.12. The molecule has 5 heterocycles. The zero-order valence-electron chi connectivity index (χ0n) is 16.6. The molecule has 0 atom stereocenters. The number of hydrogen-bond acceptors (Lipinski definition) is 7. The molecule has 4 aromatic heterocycles. The largest absolute Gasteiger partial charge is 0.445 e. The van der Waals surface area contributed by atoms with Crippen molar-refractivity contribution in [2.75, 3.05) is 11.4 Å². The molecule has 0 spiro atoms. The molecule has 0 bridgehead atoms. The van der Waals surface area contributed by atoms with E-state index in [-0.39, 0.29) is 0 Å². The highest BCUT2D eigenvalue weighted by atomic mass is 16.4. The van der Waals surface area contributed by atoms with Gasteiger partial charge in [-0.2, -0.15) is 9.61 Å². The van der Waals surface area contributed by atoms with E-state index < -0.39 is 0 Å². The fraction of sp³-hybridized carbons (Fsp3) is 0.381. The van der Waals surface area contributed by atoms with Gasteiger partial charge in [-0.3, -0.25) is 4.98 Å². The Labute approximate surface area is 168 Å². The van der Waals surface area contributed by atoms with Crippen molar-refractivity contribution in [1.82, 2.24) is 29.8 Å². The lowest BCUT2D eigenvalue weighted by Gasteiger charge is -2.27. The molecule has 0 aliphatic carbocycles. The van der Waals surface area contributed by atoms with Crippen LogP contribution < -0.4 is 4.90 Å². The van der Waals surface area contributed by atoms with E-state index in [0.717, 1.165) is 60.2 Å². The summed E-state index contributed by atoms with van der Waals surface area (Å²) >= 11 is 0. The van der Waals surface area contributed by atoms with E-state index >= 15 is 0 Å². The molecule has 5 rings (SSSR count). The summed E-state index contributed by atoms with van der Waals surface area (Å²) in [6.07, 6.45) is 7.82. The average Bonchev–Trinajstić information content (AvgIpc) is 3.38. The van der Waals surface area contributed by atoms with Crippen LogP contribution in [0.1, 0.15) is 48.4 Å². The van der Waals surface area contributed by atoms with Crippen LogP contribution in [0.5, 0.6) is 0 Å². The van der Waals surface area contributed by atoms with Crippen molar-refractivity contribution in [2.24, 2.45) is 0 Å². The number of hydrogen-bond donors (Lipinski definition) is 0. The number of anilines is 1. The second kappa shape index (κ2) is 7.27. The second-order valence-corrected chi connectivity index (χ2v) is 7.72. The Kier molecular flexibility index (Phi) is 4.46. The van der Waals surface area contributed by atoms with Crippen LogP contribution in [0.2, 0.25) is 0 Å². The lowest BCUT2D eigenvalue weighted by molar-refractivity contribution is 0.445. The number of oxazole rings is 1. The van der Waals surface area contributed by atoms with E-state index in [0.29, 0.717) is 12.5 Å². The summed E-state index contributed by atoms with van der Waals surface area (Å²) in [7, 11) is 0. The first kappa shape index (κ1) is 17.8. The molecule has 8 heteroatoms. The molecule has 0 saturated heterocycles. The van der Waals surface area contributed by atoms with Crippen LogP contribution in [0.25, 0.3) is 5.65 Å². The van der Waals surface area contributed by atoms with E-state index in [1.165, 1.54) is 5.56 Å². The van der Waals surface area contributed by atoms with Crippen molar-refractivity contribution in [3.8, 4) is 0 Å². The standard InChI is InChI=1S/C21H23N7O/c1-14(2)16-10-18(21-25-23-13-28(21)26-16)27-9-7-19-17(12-27)24-20(29-19)6-5-15-4-3-8-22-11-15/h3-4,8,10-11,13-14H,5-7,9,12H2,1-2H3. The van der Waals surface area contributed by atoms with Crippen molar-refractivity contribution in [1.29, 1.82) is 0 Å². The summed E-state index contributed by atoms with van der Waals surface area (Å²) in [6, 6.07) is 6.17. The molecule has 0 N–H and O–H groups in total. The zero-order valence-corrected chi connectivity index (χ0v) is 16.6. The molecule has 0 amide bonds. The van der Waals surface area contributed by atoms with E-state index in [1.54, 1.807) is 17.0 Å². The fourth-order valence-corrected chi connectivity index (χ4v) is 3.71. The third-order valence-electron chi connectivity index (χ3n) is 5.32. The lowest BCUT2D eigenvalue weighted by atomic mass is 10.1. The van der Waals surface area contributed by atoms with Crippen molar-refractivity contribution in [3.05, 3.63) is 65.5 Å². The maximum absolute atomic E-state index is 6.04. The molecule has 8 nitrogen and oxygen atoms in total. The molecular formula is C21H23N7O. The highest BCUT2D eigenvalue weighted by Gasteiger charge is 2.25. The lowest BCUT2D eigenvalue weighted by Crippen LogP contribution is -2.31.